The molecule has 0 saturated heterocycles. The third-order valence-electron chi connectivity index (χ3n) is 6.21. The van der Waals surface area contributed by atoms with Gasteiger partial charge in [0, 0.05) is 11.8 Å². The van der Waals surface area contributed by atoms with Crippen molar-refractivity contribution < 1.29 is 15.0 Å². The molecule has 3 nitrogen and oxygen atoms in total. The van der Waals surface area contributed by atoms with Crippen molar-refractivity contribution in [3.8, 4) is 11.8 Å². The van der Waals surface area contributed by atoms with Crippen molar-refractivity contribution >= 4 is 5.78 Å². The van der Waals surface area contributed by atoms with Crippen LogP contribution in [-0.4, -0.2) is 28.2 Å². The Morgan fingerprint density at radius 3 is 2.40 bits per heavy atom. The number of Topliss-reactive ketones (excluding diaryl/α,β-unsaturated/α-hetero) is 1. The normalized spacial score (nSPS) is 32.3. The fraction of sp³-hybridized carbons (Fsp3) is 0.864. The van der Waals surface area contributed by atoms with Crippen LogP contribution < -0.4 is 0 Å². The van der Waals surface area contributed by atoms with E-state index in [0.29, 0.717) is 18.6 Å². The van der Waals surface area contributed by atoms with Crippen LogP contribution in [0.4, 0.5) is 0 Å². The maximum atomic E-state index is 11.9. The van der Waals surface area contributed by atoms with Crippen LogP contribution in [0.3, 0.4) is 0 Å². The minimum Gasteiger partial charge on any atom is -0.392 e. The van der Waals surface area contributed by atoms with E-state index >= 15 is 0 Å². The molecule has 2 aliphatic carbocycles. The topological polar surface area (TPSA) is 57.5 Å². The summed E-state index contributed by atoms with van der Waals surface area (Å²) in [5, 5.41) is 20.4. The van der Waals surface area contributed by atoms with Gasteiger partial charge in [-0.15, -0.1) is 0 Å². The molecule has 0 aromatic carbocycles. The first-order valence-electron chi connectivity index (χ1n) is 10.5. The number of hydrogen-bond donors (Lipinski definition) is 2. The lowest BCUT2D eigenvalue weighted by atomic mass is 9.53. The molecule has 0 amide bonds. The van der Waals surface area contributed by atoms with Crippen molar-refractivity contribution in [2.24, 2.45) is 23.7 Å². The zero-order valence-electron chi connectivity index (χ0n) is 16.0. The molecule has 142 valence electrons. The van der Waals surface area contributed by atoms with Crippen molar-refractivity contribution in [2.75, 3.05) is 0 Å². The predicted molar refractivity (Wildman–Crippen MR) is 101 cm³/mol. The van der Waals surface area contributed by atoms with Crippen molar-refractivity contribution in [3.05, 3.63) is 0 Å². The molecule has 2 fully saturated rings. The van der Waals surface area contributed by atoms with Gasteiger partial charge in [0.1, 0.15) is 11.9 Å². The molecule has 2 rings (SSSR count). The third kappa shape index (κ3) is 5.56. The quantitative estimate of drug-likeness (QED) is 0.487. The summed E-state index contributed by atoms with van der Waals surface area (Å²) in [7, 11) is 0. The first-order valence-corrected chi connectivity index (χ1v) is 10.5. The highest BCUT2D eigenvalue weighted by Crippen LogP contribution is 2.49. The Morgan fingerprint density at radius 1 is 1.08 bits per heavy atom. The fourth-order valence-corrected chi connectivity index (χ4v) is 4.56. The Kier molecular flexibility index (Phi) is 8.46. The van der Waals surface area contributed by atoms with Gasteiger partial charge in [-0.05, 0) is 31.6 Å². The summed E-state index contributed by atoms with van der Waals surface area (Å²) in [6.45, 7) is 4.19. The zero-order chi connectivity index (χ0) is 18.2. The van der Waals surface area contributed by atoms with Crippen molar-refractivity contribution in [1.29, 1.82) is 0 Å². The van der Waals surface area contributed by atoms with Crippen LogP contribution in [0.2, 0.25) is 0 Å². The van der Waals surface area contributed by atoms with E-state index in [4.69, 9.17) is 0 Å². The Hall–Kier alpha value is -0.850. The molecule has 2 N–H and O–H groups in total. The molecular formula is C22H36O3. The van der Waals surface area contributed by atoms with E-state index in [2.05, 4.69) is 18.8 Å². The van der Waals surface area contributed by atoms with E-state index in [9.17, 15) is 15.0 Å². The number of carbonyl (C=O) groups is 1. The van der Waals surface area contributed by atoms with E-state index < -0.39 is 12.2 Å². The summed E-state index contributed by atoms with van der Waals surface area (Å²) in [5.41, 5.74) is 0. The molecule has 2 saturated carbocycles. The van der Waals surface area contributed by atoms with E-state index in [0.717, 1.165) is 19.3 Å². The van der Waals surface area contributed by atoms with Crippen LogP contribution in [0.1, 0.15) is 84.5 Å². The minimum atomic E-state index is -0.598. The molecule has 0 aliphatic heterocycles. The molecule has 0 aromatic rings. The average molecular weight is 349 g/mol. The summed E-state index contributed by atoms with van der Waals surface area (Å²) in [6.07, 6.45) is 11.1. The van der Waals surface area contributed by atoms with Gasteiger partial charge in [-0.25, -0.2) is 0 Å². The SMILES string of the molecule is CCCCCCCCCC[C@@H](O)C#C[C@@H]1[C@H]2C(C)C(=O)[C@H]2CC[C@@H]1O. The second-order valence-electron chi connectivity index (χ2n) is 8.11. The van der Waals surface area contributed by atoms with Gasteiger partial charge in [-0.3, -0.25) is 4.79 Å². The summed E-state index contributed by atoms with van der Waals surface area (Å²) >= 11 is 0. The highest BCUT2D eigenvalue weighted by atomic mass is 16.3. The second-order valence-corrected chi connectivity index (χ2v) is 8.11. The lowest BCUT2D eigenvalue weighted by Crippen LogP contribution is -2.55. The maximum absolute atomic E-state index is 11.9. The van der Waals surface area contributed by atoms with Gasteiger partial charge < -0.3 is 10.2 Å². The lowest BCUT2D eigenvalue weighted by molar-refractivity contribution is -0.151. The number of unbranched alkanes of at least 4 members (excludes halogenated alkanes) is 7. The first kappa shape index (κ1) is 20.5. The van der Waals surface area contributed by atoms with Gasteiger partial charge in [-0.1, -0.05) is 70.6 Å². The maximum Gasteiger partial charge on any atom is 0.139 e. The minimum absolute atomic E-state index is 0.0177. The van der Waals surface area contributed by atoms with Gasteiger partial charge in [0.05, 0.1) is 12.0 Å². The molecular weight excluding hydrogens is 312 g/mol. The number of rotatable bonds is 9. The summed E-state index contributed by atoms with van der Waals surface area (Å²) < 4.78 is 0. The monoisotopic (exact) mass is 348 g/mol. The fourth-order valence-electron chi connectivity index (χ4n) is 4.56. The van der Waals surface area contributed by atoms with Crippen molar-refractivity contribution in [2.45, 2.75) is 96.7 Å². The Bertz CT molecular complexity index is 475. The Morgan fingerprint density at radius 2 is 1.72 bits per heavy atom. The van der Waals surface area contributed by atoms with Gasteiger partial charge >= 0.3 is 0 Å². The largest absolute Gasteiger partial charge is 0.392 e. The Balaban J connectivity index is 1.66. The van der Waals surface area contributed by atoms with Gasteiger partial charge in [0.15, 0.2) is 0 Å². The summed E-state index contributed by atoms with van der Waals surface area (Å²) in [5.74, 6) is 6.59. The molecule has 0 heterocycles. The lowest BCUT2D eigenvalue weighted by Gasteiger charge is -2.49. The van der Waals surface area contributed by atoms with Crippen LogP contribution >= 0.6 is 0 Å². The smallest absolute Gasteiger partial charge is 0.139 e. The third-order valence-corrected chi connectivity index (χ3v) is 6.21. The number of fused-ring (bicyclic) bond motifs is 1. The van der Waals surface area contributed by atoms with Crippen LogP contribution in [0.15, 0.2) is 0 Å². The summed E-state index contributed by atoms with van der Waals surface area (Å²) in [6, 6.07) is 0. The molecule has 1 unspecified atom stereocenters. The van der Waals surface area contributed by atoms with E-state index in [1.807, 2.05) is 6.92 Å². The molecule has 0 spiro atoms. The number of aliphatic hydroxyl groups is 2. The second kappa shape index (κ2) is 10.3. The van der Waals surface area contributed by atoms with Gasteiger partial charge in [0.2, 0.25) is 0 Å². The molecule has 0 bridgehead atoms. The van der Waals surface area contributed by atoms with Crippen LogP contribution in [-0.2, 0) is 4.79 Å². The van der Waals surface area contributed by atoms with Crippen LogP contribution in [0, 0.1) is 35.5 Å². The predicted octanol–water partition coefficient (Wildman–Crippen LogP) is 4.10. The summed E-state index contributed by atoms with van der Waals surface area (Å²) in [4.78, 5) is 11.9. The standard InChI is InChI=1S/C22H36O3/c1-3-4-5-6-7-8-9-10-11-17(23)12-13-18-20(24)15-14-19-21(18)16(2)22(19)25/h16-21,23-24H,3-11,14-15H2,1-2H3/t16?,17-,18+,19+,20+,21-/m1/s1. The highest BCUT2D eigenvalue weighted by molar-refractivity contribution is 5.90. The zero-order valence-corrected chi connectivity index (χ0v) is 16.0. The number of hydrogen-bond acceptors (Lipinski definition) is 3. The van der Waals surface area contributed by atoms with Crippen molar-refractivity contribution in [3.63, 3.8) is 0 Å². The Labute approximate surface area is 153 Å². The highest BCUT2D eigenvalue weighted by Gasteiger charge is 2.54. The number of aliphatic hydroxyl groups excluding tert-OH is 2. The number of carbonyl (C=O) groups excluding carboxylic acids is 1. The van der Waals surface area contributed by atoms with Gasteiger partial charge in [-0.2, -0.15) is 0 Å². The molecule has 3 heteroatoms. The van der Waals surface area contributed by atoms with Crippen LogP contribution in [0.5, 0.6) is 0 Å². The molecule has 25 heavy (non-hydrogen) atoms. The van der Waals surface area contributed by atoms with E-state index in [-0.39, 0.29) is 23.7 Å². The van der Waals surface area contributed by atoms with Crippen LogP contribution in [0.25, 0.3) is 0 Å². The van der Waals surface area contributed by atoms with E-state index in [1.54, 1.807) is 0 Å². The molecule has 0 aromatic heterocycles. The molecule has 2 aliphatic rings. The molecule has 6 atom stereocenters. The number of ketones is 1. The first-order chi connectivity index (χ1) is 12.1. The molecule has 0 radical (unpaired) electrons. The average Bonchev–Trinajstić information content (AvgIpc) is 2.62. The van der Waals surface area contributed by atoms with E-state index in [1.165, 1.54) is 38.5 Å². The van der Waals surface area contributed by atoms with Gasteiger partial charge in [0.25, 0.3) is 0 Å². The van der Waals surface area contributed by atoms with Crippen molar-refractivity contribution in [1.82, 2.24) is 0 Å².